The number of hydrogen-bond donors (Lipinski definition) is 1. The molecule has 0 amide bonds. The van der Waals surface area contributed by atoms with E-state index in [4.69, 9.17) is 4.74 Å². The Balaban J connectivity index is 2.09. The van der Waals surface area contributed by atoms with Crippen molar-refractivity contribution in [3.8, 4) is 0 Å². The van der Waals surface area contributed by atoms with E-state index in [9.17, 15) is 8.42 Å². The molecule has 1 aliphatic heterocycles. The molecule has 6 nitrogen and oxygen atoms in total. The Labute approximate surface area is 120 Å². The molecule has 1 N–H and O–H groups in total. The molecule has 2 heterocycles. The van der Waals surface area contributed by atoms with Crippen molar-refractivity contribution in [1.29, 1.82) is 0 Å². The monoisotopic (exact) mass is 301 g/mol. The van der Waals surface area contributed by atoms with Crippen LogP contribution in [-0.4, -0.2) is 43.0 Å². The van der Waals surface area contributed by atoms with Gasteiger partial charge in [-0.2, -0.15) is 0 Å². The van der Waals surface area contributed by atoms with Gasteiger partial charge in [-0.1, -0.05) is 0 Å². The SMILES string of the molecule is CNS(=O)(=O)CCn1ccnc1C1CCOC(C)(C)C1. The van der Waals surface area contributed by atoms with Gasteiger partial charge < -0.3 is 9.30 Å². The summed E-state index contributed by atoms with van der Waals surface area (Å²) in [5.41, 5.74) is -0.142. The second-order valence-electron chi connectivity index (χ2n) is 5.80. The first kappa shape index (κ1) is 15.5. The third-order valence-corrected chi connectivity index (χ3v) is 5.06. The second-order valence-corrected chi connectivity index (χ2v) is 7.85. The van der Waals surface area contributed by atoms with E-state index in [1.807, 2.05) is 10.8 Å². The van der Waals surface area contributed by atoms with Gasteiger partial charge >= 0.3 is 0 Å². The summed E-state index contributed by atoms with van der Waals surface area (Å²) in [5.74, 6) is 1.36. The van der Waals surface area contributed by atoms with Gasteiger partial charge in [0.1, 0.15) is 5.82 Å². The van der Waals surface area contributed by atoms with Crippen LogP contribution in [0, 0.1) is 0 Å². The van der Waals surface area contributed by atoms with Gasteiger partial charge in [0.2, 0.25) is 10.0 Å². The molecule has 1 saturated heterocycles. The van der Waals surface area contributed by atoms with Crippen LogP contribution in [-0.2, 0) is 21.3 Å². The van der Waals surface area contributed by atoms with E-state index in [1.165, 1.54) is 7.05 Å². The molecule has 1 aliphatic rings. The molecule has 2 rings (SSSR count). The first-order valence-electron chi connectivity index (χ1n) is 6.89. The fraction of sp³-hybridized carbons (Fsp3) is 0.769. The van der Waals surface area contributed by atoms with Crippen molar-refractivity contribution in [2.45, 2.75) is 44.8 Å². The van der Waals surface area contributed by atoms with Crippen LogP contribution in [0.3, 0.4) is 0 Å². The van der Waals surface area contributed by atoms with Gasteiger partial charge in [-0.15, -0.1) is 0 Å². The summed E-state index contributed by atoms with van der Waals surface area (Å²) in [5, 5.41) is 0. The van der Waals surface area contributed by atoms with Crippen LogP contribution < -0.4 is 4.72 Å². The van der Waals surface area contributed by atoms with Crippen LogP contribution in [0.2, 0.25) is 0 Å². The van der Waals surface area contributed by atoms with Gasteiger partial charge in [-0.05, 0) is 33.7 Å². The highest BCUT2D eigenvalue weighted by molar-refractivity contribution is 7.89. The van der Waals surface area contributed by atoms with E-state index in [-0.39, 0.29) is 11.4 Å². The Morgan fingerprint density at radius 1 is 1.55 bits per heavy atom. The van der Waals surface area contributed by atoms with Crippen LogP contribution in [0.4, 0.5) is 0 Å². The number of nitrogens with one attached hydrogen (secondary N) is 1. The molecule has 0 spiro atoms. The molecule has 0 aromatic carbocycles. The molecular weight excluding hydrogens is 278 g/mol. The maximum Gasteiger partial charge on any atom is 0.213 e. The van der Waals surface area contributed by atoms with E-state index < -0.39 is 10.0 Å². The zero-order chi connectivity index (χ0) is 14.8. The summed E-state index contributed by atoms with van der Waals surface area (Å²) < 4.78 is 33.0. The van der Waals surface area contributed by atoms with Crippen LogP contribution in [0.15, 0.2) is 12.4 Å². The summed E-state index contributed by atoms with van der Waals surface area (Å²) in [6.45, 7) is 5.31. The van der Waals surface area contributed by atoms with Crippen molar-refractivity contribution < 1.29 is 13.2 Å². The van der Waals surface area contributed by atoms with E-state index >= 15 is 0 Å². The second kappa shape index (κ2) is 5.83. The fourth-order valence-electron chi connectivity index (χ4n) is 2.64. The number of aryl methyl sites for hydroxylation is 1. The summed E-state index contributed by atoms with van der Waals surface area (Å²) in [6.07, 6.45) is 5.43. The van der Waals surface area contributed by atoms with Crippen molar-refractivity contribution >= 4 is 10.0 Å². The summed E-state index contributed by atoms with van der Waals surface area (Å²) >= 11 is 0. The highest BCUT2D eigenvalue weighted by Gasteiger charge is 2.31. The average molecular weight is 301 g/mol. The highest BCUT2D eigenvalue weighted by Crippen LogP contribution is 2.34. The first-order valence-corrected chi connectivity index (χ1v) is 8.54. The van der Waals surface area contributed by atoms with E-state index in [2.05, 4.69) is 23.6 Å². The third kappa shape index (κ3) is 3.80. The normalized spacial score (nSPS) is 22.9. The maximum atomic E-state index is 11.5. The Morgan fingerprint density at radius 3 is 2.95 bits per heavy atom. The lowest BCUT2D eigenvalue weighted by molar-refractivity contribution is -0.0606. The van der Waals surface area contributed by atoms with E-state index in [1.54, 1.807) is 6.20 Å². The minimum Gasteiger partial charge on any atom is -0.376 e. The van der Waals surface area contributed by atoms with Crippen molar-refractivity contribution in [1.82, 2.24) is 14.3 Å². The zero-order valence-corrected chi connectivity index (χ0v) is 13.1. The Bertz CT molecular complexity index is 551. The summed E-state index contributed by atoms with van der Waals surface area (Å²) in [6, 6.07) is 0. The van der Waals surface area contributed by atoms with Crippen molar-refractivity contribution in [3.05, 3.63) is 18.2 Å². The van der Waals surface area contributed by atoms with Gasteiger partial charge in [-0.3, -0.25) is 0 Å². The lowest BCUT2D eigenvalue weighted by Crippen LogP contribution is -2.34. The van der Waals surface area contributed by atoms with Crippen LogP contribution >= 0.6 is 0 Å². The lowest BCUT2D eigenvalue weighted by Gasteiger charge is -2.35. The van der Waals surface area contributed by atoms with Gasteiger partial charge in [0, 0.05) is 31.5 Å². The molecule has 0 aliphatic carbocycles. The van der Waals surface area contributed by atoms with Crippen LogP contribution in [0.1, 0.15) is 38.4 Å². The smallest absolute Gasteiger partial charge is 0.213 e. The first-order chi connectivity index (χ1) is 9.33. The Morgan fingerprint density at radius 2 is 2.30 bits per heavy atom. The Hall–Kier alpha value is -0.920. The molecule has 0 bridgehead atoms. The molecule has 1 aromatic heterocycles. The van der Waals surface area contributed by atoms with Crippen molar-refractivity contribution in [2.24, 2.45) is 0 Å². The summed E-state index contributed by atoms with van der Waals surface area (Å²) in [7, 11) is -1.75. The number of rotatable bonds is 5. The van der Waals surface area contributed by atoms with Gasteiger partial charge in [0.25, 0.3) is 0 Å². The molecule has 1 atom stereocenters. The fourth-order valence-corrected chi connectivity index (χ4v) is 3.28. The topological polar surface area (TPSA) is 73.2 Å². The molecule has 0 saturated carbocycles. The standard InChI is InChI=1S/C13H23N3O3S/c1-13(2)10-11(4-8-19-13)12-15-5-6-16(12)7-9-20(17,18)14-3/h5-6,11,14H,4,7-10H2,1-3H3. The highest BCUT2D eigenvalue weighted by atomic mass is 32.2. The number of sulfonamides is 1. The predicted octanol–water partition coefficient (Wildman–Crippen LogP) is 1.10. The average Bonchev–Trinajstić information content (AvgIpc) is 2.84. The maximum absolute atomic E-state index is 11.5. The predicted molar refractivity (Wildman–Crippen MR) is 77.1 cm³/mol. The number of hydrogen-bond acceptors (Lipinski definition) is 4. The zero-order valence-electron chi connectivity index (χ0n) is 12.3. The number of nitrogens with zero attached hydrogens (tertiary/aromatic N) is 2. The third-order valence-electron chi connectivity index (χ3n) is 3.72. The molecule has 0 radical (unpaired) electrons. The molecule has 1 fully saturated rings. The molecule has 1 aromatic rings. The summed E-state index contributed by atoms with van der Waals surface area (Å²) in [4.78, 5) is 4.42. The number of imidazole rings is 1. The van der Waals surface area contributed by atoms with Crippen LogP contribution in [0.5, 0.6) is 0 Å². The van der Waals surface area contributed by atoms with Crippen molar-refractivity contribution in [3.63, 3.8) is 0 Å². The number of ether oxygens (including phenoxy) is 1. The molecule has 7 heteroatoms. The largest absolute Gasteiger partial charge is 0.376 e. The molecule has 114 valence electrons. The van der Waals surface area contributed by atoms with Gasteiger partial charge in [0.15, 0.2) is 0 Å². The van der Waals surface area contributed by atoms with Gasteiger partial charge in [0.05, 0.1) is 11.4 Å². The quantitative estimate of drug-likeness (QED) is 0.884. The minimum atomic E-state index is -3.19. The Kier molecular flexibility index (Phi) is 4.51. The van der Waals surface area contributed by atoms with Crippen LogP contribution in [0.25, 0.3) is 0 Å². The van der Waals surface area contributed by atoms with Gasteiger partial charge in [-0.25, -0.2) is 18.1 Å². The van der Waals surface area contributed by atoms with Crippen molar-refractivity contribution in [2.75, 3.05) is 19.4 Å². The molecular formula is C13H23N3O3S. The molecule has 1 unspecified atom stereocenters. The van der Waals surface area contributed by atoms with E-state index in [0.29, 0.717) is 12.5 Å². The molecule has 20 heavy (non-hydrogen) atoms. The minimum absolute atomic E-state index is 0.0689. The number of aromatic nitrogens is 2. The van der Waals surface area contributed by atoms with E-state index in [0.717, 1.165) is 25.3 Å². The lowest BCUT2D eigenvalue weighted by atomic mass is 9.88.